The molecule has 1 aromatic heterocycles. The third-order valence-corrected chi connectivity index (χ3v) is 2.36. The van der Waals surface area contributed by atoms with E-state index in [1.807, 2.05) is 6.07 Å². The first-order valence-corrected chi connectivity index (χ1v) is 5.33. The molecule has 0 fully saturated rings. The second-order valence-electron chi connectivity index (χ2n) is 3.14. The lowest BCUT2D eigenvalue weighted by Crippen LogP contribution is -2.34. The highest BCUT2D eigenvalue weighted by atomic mass is 79.9. The first-order chi connectivity index (χ1) is 7.13. The lowest BCUT2D eigenvalue weighted by Gasteiger charge is -2.11. The van der Waals surface area contributed by atoms with Gasteiger partial charge in [0.2, 0.25) is 0 Å². The monoisotopic (exact) mass is 272 g/mol. The summed E-state index contributed by atoms with van der Waals surface area (Å²) in [6.45, 7) is 2.35. The first kappa shape index (κ1) is 12.1. The van der Waals surface area contributed by atoms with Crippen LogP contribution in [0.1, 0.15) is 12.5 Å². The number of hydrogen-bond acceptors (Lipinski definition) is 4. The summed E-state index contributed by atoms with van der Waals surface area (Å²) in [7, 11) is 1.38. The Morgan fingerprint density at radius 2 is 2.40 bits per heavy atom. The molecule has 1 aromatic rings. The second kappa shape index (κ2) is 5.82. The van der Waals surface area contributed by atoms with Gasteiger partial charge in [0, 0.05) is 23.4 Å². The van der Waals surface area contributed by atoms with E-state index in [2.05, 4.69) is 31.0 Å². The Labute approximate surface area is 97.2 Å². The molecule has 1 rings (SSSR count). The van der Waals surface area contributed by atoms with Crippen molar-refractivity contribution in [2.45, 2.75) is 19.5 Å². The summed E-state index contributed by atoms with van der Waals surface area (Å²) >= 11 is 3.33. The Bertz CT molecular complexity index is 344. The van der Waals surface area contributed by atoms with E-state index < -0.39 is 0 Å². The van der Waals surface area contributed by atoms with Crippen molar-refractivity contribution in [3.05, 3.63) is 28.5 Å². The number of carbonyl (C=O) groups excluding carboxylic acids is 1. The van der Waals surface area contributed by atoms with Crippen LogP contribution >= 0.6 is 15.9 Å². The van der Waals surface area contributed by atoms with Crippen LogP contribution in [0, 0.1) is 0 Å². The van der Waals surface area contributed by atoms with E-state index in [0.29, 0.717) is 6.54 Å². The number of esters is 1. The number of ether oxygens (including phenoxy) is 1. The van der Waals surface area contributed by atoms with Crippen molar-refractivity contribution in [1.29, 1.82) is 0 Å². The first-order valence-electron chi connectivity index (χ1n) is 4.54. The molecular formula is C10H13BrN2O2. The molecule has 0 aliphatic heterocycles. The summed E-state index contributed by atoms with van der Waals surface area (Å²) in [6, 6.07) is 1.64. The zero-order chi connectivity index (χ0) is 11.3. The third-order valence-electron chi connectivity index (χ3n) is 1.93. The van der Waals surface area contributed by atoms with Gasteiger partial charge in [0.25, 0.3) is 0 Å². The molecule has 15 heavy (non-hydrogen) atoms. The van der Waals surface area contributed by atoms with Gasteiger partial charge >= 0.3 is 5.97 Å². The fourth-order valence-corrected chi connectivity index (χ4v) is 1.50. The van der Waals surface area contributed by atoms with Crippen molar-refractivity contribution < 1.29 is 9.53 Å². The van der Waals surface area contributed by atoms with Crippen molar-refractivity contribution in [3.8, 4) is 0 Å². The van der Waals surface area contributed by atoms with Crippen molar-refractivity contribution in [2.75, 3.05) is 7.11 Å². The van der Waals surface area contributed by atoms with Crippen molar-refractivity contribution in [1.82, 2.24) is 10.3 Å². The minimum atomic E-state index is -0.311. The lowest BCUT2D eigenvalue weighted by molar-refractivity contribution is -0.142. The molecule has 0 spiro atoms. The molecule has 0 radical (unpaired) electrons. The molecule has 0 saturated carbocycles. The number of nitrogens with one attached hydrogen (secondary N) is 1. The Morgan fingerprint density at radius 3 is 3.00 bits per heavy atom. The SMILES string of the molecule is COC(=O)[C@@H](C)NCc1cncc(Br)c1. The van der Waals surface area contributed by atoms with Crippen LogP contribution in [0.25, 0.3) is 0 Å². The van der Waals surface area contributed by atoms with Gasteiger partial charge in [-0.05, 0) is 34.5 Å². The van der Waals surface area contributed by atoms with E-state index >= 15 is 0 Å². The molecule has 1 atom stereocenters. The average Bonchev–Trinajstić information content (AvgIpc) is 2.25. The van der Waals surface area contributed by atoms with Crippen molar-refractivity contribution >= 4 is 21.9 Å². The highest BCUT2D eigenvalue weighted by Gasteiger charge is 2.11. The number of aromatic nitrogens is 1. The molecule has 0 aliphatic rings. The van der Waals surface area contributed by atoms with Gasteiger partial charge in [-0.25, -0.2) is 0 Å². The summed E-state index contributed by atoms with van der Waals surface area (Å²) in [5.74, 6) is -0.266. The van der Waals surface area contributed by atoms with E-state index in [0.717, 1.165) is 10.0 Å². The summed E-state index contributed by atoms with van der Waals surface area (Å²) in [6.07, 6.45) is 3.47. The van der Waals surface area contributed by atoms with Gasteiger partial charge in [-0.15, -0.1) is 0 Å². The Morgan fingerprint density at radius 1 is 1.67 bits per heavy atom. The van der Waals surface area contributed by atoms with Crippen LogP contribution in [0.15, 0.2) is 22.9 Å². The van der Waals surface area contributed by atoms with Gasteiger partial charge in [0.15, 0.2) is 0 Å². The molecule has 0 amide bonds. The Kier molecular flexibility index (Phi) is 4.71. The Balaban J connectivity index is 2.47. The van der Waals surface area contributed by atoms with Crippen LogP contribution in [0.2, 0.25) is 0 Å². The highest BCUT2D eigenvalue weighted by molar-refractivity contribution is 9.10. The van der Waals surface area contributed by atoms with E-state index in [1.54, 1.807) is 19.3 Å². The standard InChI is InChI=1S/C10H13BrN2O2/c1-7(10(14)15-2)13-5-8-3-9(11)6-12-4-8/h3-4,6-7,13H,5H2,1-2H3/t7-/m1/s1. The molecule has 0 unspecified atom stereocenters. The maximum Gasteiger partial charge on any atom is 0.322 e. The topological polar surface area (TPSA) is 51.2 Å². The van der Waals surface area contributed by atoms with Gasteiger partial charge in [0.05, 0.1) is 7.11 Å². The smallest absolute Gasteiger partial charge is 0.322 e. The zero-order valence-corrected chi connectivity index (χ0v) is 10.2. The van der Waals surface area contributed by atoms with E-state index in [1.165, 1.54) is 7.11 Å². The molecule has 5 heteroatoms. The molecule has 0 aromatic carbocycles. The molecule has 0 saturated heterocycles. The number of methoxy groups -OCH3 is 1. The van der Waals surface area contributed by atoms with Gasteiger partial charge in [-0.3, -0.25) is 9.78 Å². The van der Waals surface area contributed by atoms with Crippen molar-refractivity contribution in [2.24, 2.45) is 0 Å². The van der Waals surface area contributed by atoms with Crippen LogP contribution in [-0.4, -0.2) is 24.1 Å². The minimum Gasteiger partial charge on any atom is -0.468 e. The fraction of sp³-hybridized carbons (Fsp3) is 0.400. The molecule has 4 nitrogen and oxygen atoms in total. The summed E-state index contributed by atoms with van der Waals surface area (Å²) in [5.41, 5.74) is 1.01. The number of halogens is 1. The van der Waals surface area contributed by atoms with Gasteiger partial charge in [0.1, 0.15) is 6.04 Å². The number of carbonyl (C=O) groups is 1. The minimum absolute atomic E-state index is 0.266. The summed E-state index contributed by atoms with van der Waals surface area (Å²) < 4.78 is 5.52. The van der Waals surface area contributed by atoms with Crippen LogP contribution in [-0.2, 0) is 16.1 Å². The normalized spacial score (nSPS) is 12.2. The Hall–Kier alpha value is -0.940. The van der Waals surface area contributed by atoms with E-state index in [4.69, 9.17) is 0 Å². The largest absolute Gasteiger partial charge is 0.468 e. The average molecular weight is 273 g/mol. The van der Waals surface area contributed by atoms with Gasteiger partial charge in [-0.1, -0.05) is 0 Å². The van der Waals surface area contributed by atoms with E-state index in [9.17, 15) is 4.79 Å². The molecule has 0 aliphatic carbocycles. The fourth-order valence-electron chi connectivity index (χ4n) is 1.08. The van der Waals surface area contributed by atoms with Crippen LogP contribution < -0.4 is 5.32 Å². The number of nitrogens with zero attached hydrogens (tertiary/aromatic N) is 1. The van der Waals surface area contributed by atoms with Gasteiger partial charge < -0.3 is 10.1 Å². The molecule has 82 valence electrons. The number of hydrogen-bond donors (Lipinski definition) is 1. The molecule has 0 bridgehead atoms. The number of pyridine rings is 1. The second-order valence-corrected chi connectivity index (χ2v) is 4.05. The number of rotatable bonds is 4. The molecule has 1 heterocycles. The molecule has 1 N–H and O–H groups in total. The summed E-state index contributed by atoms with van der Waals surface area (Å²) in [5, 5.41) is 3.04. The lowest BCUT2D eigenvalue weighted by atomic mass is 10.2. The van der Waals surface area contributed by atoms with Crippen LogP contribution in [0.3, 0.4) is 0 Å². The quantitative estimate of drug-likeness (QED) is 0.844. The van der Waals surface area contributed by atoms with Gasteiger partial charge in [-0.2, -0.15) is 0 Å². The third kappa shape index (κ3) is 3.97. The van der Waals surface area contributed by atoms with Crippen molar-refractivity contribution in [3.63, 3.8) is 0 Å². The zero-order valence-electron chi connectivity index (χ0n) is 8.66. The maximum absolute atomic E-state index is 11.1. The van der Waals surface area contributed by atoms with E-state index in [-0.39, 0.29) is 12.0 Å². The maximum atomic E-state index is 11.1. The highest BCUT2D eigenvalue weighted by Crippen LogP contribution is 2.09. The van der Waals surface area contributed by atoms with Crippen LogP contribution in [0.5, 0.6) is 0 Å². The predicted molar refractivity (Wildman–Crippen MR) is 60.3 cm³/mol. The van der Waals surface area contributed by atoms with Crippen LogP contribution in [0.4, 0.5) is 0 Å². The summed E-state index contributed by atoms with van der Waals surface area (Å²) in [4.78, 5) is 15.1. The molecular weight excluding hydrogens is 260 g/mol. The predicted octanol–water partition coefficient (Wildman–Crippen LogP) is 1.50.